The van der Waals surface area contributed by atoms with Gasteiger partial charge in [0.25, 0.3) is 5.56 Å². The molecule has 2 aromatic heterocycles. The number of nitrogens with zero attached hydrogens (tertiary/aromatic N) is 4. The fourth-order valence-electron chi connectivity index (χ4n) is 6.31. The molecule has 0 spiro atoms. The van der Waals surface area contributed by atoms with Gasteiger partial charge in [-0.25, -0.2) is 18.6 Å². The molecule has 0 bridgehead atoms. The first-order chi connectivity index (χ1) is 19.8. The Balaban J connectivity index is 1.17. The molecule has 1 unspecified atom stereocenters. The summed E-state index contributed by atoms with van der Waals surface area (Å²) in [4.78, 5) is 31.9. The van der Waals surface area contributed by atoms with Crippen molar-refractivity contribution in [1.29, 1.82) is 0 Å². The van der Waals surface area contributed by atoms with Gasteiger partial charge < -0.3 is 19.3 Å². The van der Waals surface area contributed by atoms with Crippen molar-refractivity contribution in [1.82, 2.24) is 19.6 Å². The van der Waals surface area contributed by atoms with Crippen LogP contribution in [0.15, 0.2) is 45.7 Å². The number of aryl methyl sites for hydroxylation is 1. The maximum absolute atomic E-state index is 15.0. The topological polar surface area (TPSA) is 111 Å². The Hall–Kier alpha value is -4.12. The smallest absolute Gasteiger partial charge is 0.449 e. The van der Waals surface area contributed by atoms with E-state index in [1.807, 2.05) is 0 Å². The number of aromatic nitrogens is 3. The molecule has 1 saturated heterocycles. The van der Waals surface area contributed by atoms with Crippen LogP contribution >= 0.6 is 0 Å². The van der Waals surface area contributed by atoms with E-state index in [9.17, 15) is 18.4 Å². The number of rotatable bonds is 6. The van der Waals surface area contributed by atoms with Gasteiger partial charge in [-0.05, 0) is 76.4 Å². The van der Waals surface area contributed by atoms with E-state index in [2.05, 4.69) is 10.1 Å². The second kappa shape index (κ2) is 11.0. The number of piperidine rings is 1. The van der Waals surface area contributed by atoms with Crippen LogP contribution in [0.3, 0.4) is 0 Å². The van der Waals surface area contributed by atoms with Gasteiger partial charge >= 0.3 is 6.16 Å². The van der Waals surface area contributed by atoms with E-state index in [1.54, 1.807) is 17.6 Å². The van der Waals surface area contributed by atoms with Crippen LogP contribution in [-0.2, 0) is 13.0 Å². The summed E-state index contributed by atoms with van der Waals surface area (Å²) in [5, 5.41) is 14.2. The predicted molar refractivity (Wildman–Crippen MR) is 145 cm³/mol. The lowest BCUT2D eigenvalue weighted by molar-refractivity contribution is 0.143. The maximum atomic E-state index is 15.0. The van der Waals surface area contributed by atoms with Crippen molar-refractivity contribution < 1.29 is 27.9 Å². The number of halogens is 2. The average molecular weight is 565 g/mol. The second-order valence-electron chi connectivity index (χ2n) is 10.8. The van der Waals surface area contributed by atoms with Crippen molar-refractivity contribution in [2.45, 2.75) is 57.4 Å². The number of ether oxygens (including phenoxy) is 1. The summed E-state index contributed by atoms with van der Waals surface area (Å²) in [6.07, 6.45) is 1.91. The van der Waals surface area contributed by atoms with Crippen LogP contribution in [0.5, 0.6) is 5.75 Å². The monoisotopic (exact) mass is 564 g/mol. The molecular formula is C30H30F2N4O5. The van der Waals surface area contributed by atoms with E-state index in [0.29, 0.717) is 55.0 Å². The molecular weight excluding hydrogens is 534 g/mol. The number of likely N-dealkylation sites (tertiary alicyclic amines) is 1. The van der Waals surface area contributed by atoms with Crippen LogP contribution < -0.4 is 10.3 Å². The van der Waals surface area contributed by atoms with Crippen LogP contribution in [0.4, 0.5) is 13.6 Å². The van der Waals surface area contributed by atoms with E-state index >= 15 is 0 Å². The molecule has 11 heteroatoms. The molecule has 4 heterocycles. The second-order valence-corrected chi connectivity index (χ2v) is 10.8. The lowest BCUT2D eigenvalue weighted by Crippen LogP contribution is -2.38. The lowest BCUT2D eigenvalue weighted by Gasteiger charge is -2.31. The zero-order chi connectivity index (χ0) is 28.7. The predicted octanol–water partition coefficient (Wildman–Crippen LogP) is 5.38. The maximum Gasteiger partial charge on any atom is 0.511 e. The Bertz CT molecular complexity index is 1680. The number of benzene rings is 2. The summed E-state index contributed by atoms with van der Waals surface area (Å²) in [6.45, 7) is 4.63. The molecule has 4 aromatic rings. The zero-order valence-corrected chi connectivity index (χ0v) is 22.6. The lowest BCUT2D eigenvalue weighted by atomic mass is 9.89. The Labute approximate surface area is 234 Å². The van der Waals surface area contributed by atoms with Gasteiger partial charge in [-0.15, -0.1) is 0 Å². The highest BCUT2D eigenvalue weighted by molar-refractivity contribution is 5.79. The van der Waals surface area contributed by atoms with Crippen molar-refractivity contribution in [2.24, 2.45) is 0 Å². The number of hydrogen-bond donors (Lipinski definition) is 1. The largest absolute Gasteiger partial charge is 0.511 e. The Morgan fingerprint density at radius 2 is 1.95 bits per heavy atom. The van der Waals surface area contributed by atoms with Gasteiger partial charge in [-0.3, -0.25) is 9.36 Å². The molecule has 2 aliphatic rings. The van der Waals surface area contributed by atoms with E-state index in [1.165, 1.54) is 30.3 Å². The molecule has 1 fully saturated rings. The number of carbonyl (C=O) groups is 1. The minimum Gasteiger partial charge on any atom is -0.449 e. The molecule has 214 valence electrons. The first-order valence-electron chi connectivity index (χ1n) is 13.9. The normalized spacial score (nSPS) is 18.0. The number of hydrogen-bond acceptors (Lipinski definition) is 7. The Kier molecular flexibility index (Phi) is 7.29. The highest BCUT2D eigenvalue weighted by Crippen LogP contribution is 2.39. The summed E-state index contributed by atoms with van der Waals surface area (Å²) in [5.74, 6) is -0.960. The van der Waals surface area contributed by atoms with Gasteiger partial charge in [-0.1, -0.05) is 11.2 Å². The molecule has 2 aliphatic heterocycles. The average Bonchev–Trinajstić information content (AvgIpc) is 3.36. The van der Waals surface area contributed by atoms with E-state index in [-0.39, 0.29) is 28.6 Å². The summed E-state index contributed by atoms with van der Waals surface area (Å²) in [6, 6.07) is 8.57. The number of carboxylic acid groups (broad SMARTS) is 1. The molecule has 0 saturated carbocycles. The molecule has 1 atom stereocenters. The summed E-state index contributed by atoms with van der Waals surface area (Å²) >= 11 is 0. The van der Waals surface area contributed by atoms with Gasteiger partial charge in [0.15, 0.2) is 5.58 Å². The summed E-state index contributed by atoms with van der Waals surface area (Å²) < 4.78 is 40.3. The fourth-order valence-corrected chi connectivity index (χ4v) is 6.31. The van der Waals surface area contributed by atoms with E-state index < -0.39 is 17.9 Å². The molecule has 2 aromatic carbocycles. The summed E-state index contributed by atoms with van der Waals surface area (Å²) in [5.41, 5.74) is 2.54. The number of fused-ring (bicyclic) bond motifs is 2. The van der Waals surface area contributed by atoms with Gasteiger partial charge in [0.2, 0.25) is 0 Å². The molecule has 0 amide bonds. The highest BCUT2D eigenvalue weighted by atomic mass is 19.1. The van der Waals surface area contributed by atoms with Crippen LogP contribution in [0, 0.1) is 18.6 Å². The Morgan fingerprint density at radius 1 is 1.15 bits per heavy atom. The van der Waals surface area contributed by atoms with E-state index in [0.717, 1.165) is 37.0 Å². The van der Waals surface area contributed by atoms with Crippen LogP contribution in [-0.4, -0.2) is 50.5 Å². The third-order valence-corrected chi connectivity index (χ3v) is 8.36. The summed E-state index contributed by atoms with van der Waals surface area (Å²) in [7, 11) is 0. The highest BCUT2D eigenvalue weighted by Gasteiger charge is 2.32. The molecule has 0 aliphatic carbocycles. The van der Waals surface area contributed by atoms with Crippen LogP contribution in [0.25, 0.3) is 11.0 Å². The van der Waals surface area contributed by atoms with Crippen molar-refractivity contribution in [3.63, 3.8) is 0 Å². The Morgan fingerprint density at radius 3 is 2.73 bits per heavy atom. The first-order valence-corrected chi connectivity index (χ1v) is 13.9. The van der Waals surface area contributed by atoms with Gasteiger partial charge in [0, 0.05) is 53.2 Å². The molecule has 6 rings (SSSR count). The molecule has 9 nitrogen and oxygen atoms in total. The minimum atomic E-state index is -1.53. The van der Waals surface area contributed by atoms with Crippen LogP contribution in [0.1, 0.15) is 65.9 Å². The molecule has 41 heavy (non-hydrogen) atoms. The minimum absolute atomic E-state index is 0.0823. The van der Waals surface area contributed by atoms with Crippen molar-refractivity contribution >= 4 is 17.1 Å². The molecule has 0 radical (unpaired) electrons. The van der Waals surface area contributed by atoms with Gasteiger partial charge in [0.1, 0.15) is 23.2 Å². The van der Waals surface area contributed by atoms with E-state index in [4.69, 9.17) is 19.4 Å². The third kappa shape index (κ3) is 5.21. The van der Waals surface area contributed by atoms with Crippen LogP contribution in [0.2, 0.25) is 0 Å². The van der Waals surface area contributed by atoms with Crippen molar-refractivity contribution in [2.75, 3.05) is 19.6 Å². The standard InChI is InChI=1S/C30H30F2N4O5/c1-17-20(11-15-35-13-9-18(10-14-35)27-21-8-7-19(31)16-25(21)41-34-27)29(37)36-12-3-4-22(28(36)33-17)26-23(32)5-2-6-24(26)40-30(38)39/h2,5-8,16,18,22H,3-4,9-15H2,1H3,(H,38,39). The van der Waals surface area contributed by atoms with Crippen molar-refractivity contribution in [3.8, 4) is 5.75 Å². The van der Waals surface area contributed by atoms with Crippen molar-refractivity contribution in [3.05, 3.63) is 86.7 Å². The fraction of sp³-hybridized carbons (Fsp3) is 0.400. The quantitative estimate of drug-likeness (QED) is 0.246. The zero-order valence-electron chi connectivity index (χ0n) is 22.6. The van der Waals surface area contributed by atoms with Gasteiger partial charge in [-0.2, -0.15) is 0 Å². The first kappa shape index (κ1) is 27.1. The van der Waals surface area contributed by atoms with Gasteiger partial charge in [0.05, 0.1) is 5.69 Å². The third-order valence-electron chi connectivity index (χ3n) is 8.36. The molecule has 1 N–H and O–H groups in total. The SMILES string of the molecule is Cc1nc2n(c(=O)c1CCN1CCC(c3noc4cc(F)ccc34)CC1)CCCC2c1c(F)cccc1OC(=O)O.